The molecule has 0 radical (unpaired) electrons. The van der Waals surface area contributed by atoms with E-state index in [1.807, 2.05) is 24.3 Å². The quantitative estimate of drug-likeness (QED) is 0.890. The number of halogens is 2. The molecule has 0 unspecified atom stereocenters. The average molecular weight is 253 g/mol. The molecule has 2 aromatic rings. The number of rotatable bonds is 5. The minimum atomic E-state index is -2.61. The zero-order chi connectivity index (χ0) is 13.0. The van der Waals surface area contributed by atoms with Crippen LogP contribution in [0.1, 0.15) is 12.1 Å². The van der Waals surface area contributed by atoms with E-state index >= 15 is 0 Å². The van der Waals surface area contributed by atoms with E-state index < -0.39 is 6.55 Å². The molecule has 0 saturated carbocycles. The van der Waals surface area contributed by atoms with Crippen molar-refractivity contribution < 1.29 is 13.5 Å². The van der Waals surface area contributed by atoms with E-state index in [4.69, 9.17) is 4.74 Å². The molecule has 1 N–H and O–H groups in total. The maximum absolute atomic E-state index is 12.3. The van der Waals surface area contributed by atoms with E-state index in [9.17, 15) is 8.78 Å². The van der Waals surface area contributed by atoms with Crippen LogP contribution < -0.4 is 10.1 Å². The molecular weight excluding hydrogens is 240 g/mol. The second kappa shape index (κ2) is 5.48. The van der Waals surface area contributed by atoms with E-state index in [1.165, 1.54) is 12.3 Å². The van der Waals surface area contributed by atoms with Crippen molar-refractivity contribution in [3.8, 4) is 5.75 Å². The molecular formula is C12H13F2N3O. The number of hydrogen-bond acceptors (Lipinski definition) is 3. The number of alkyl halides is 2. The number of ether oxygens (including phenoxy) is 1. The molecule has 1 heterocycles. The minimum absolute atomic E-state index is 0.415. The summed E-state index contributed by atoms with van der Waals surface area (Å²) in [5.41, 5.74) is 0.987. The van der Waals surface area contributed by atoms with Crippen LogP contribution in [0, 0.1) is 0 Å². The Kier molecular flexibility index (Phi) is 3.76. The van der Waals surface area contributed by atoms with Crippen molar-refractivity contribution in [2.24, 2.45) is 0 Å². The van der Waals surface area contributed by atoms with Crippen molar-refractivity contribution in [1.29, 1.82) is 0 Å². The summed E-state index contributed by atoms with van der Waals surface area (Å²) < 4.78 is 30.3. The second-order valence-corrected chi connectivity index (χ2v) is 3.66. The van der Waals surface area contributed by atoms with Gasteiger partial charge in [0.2, 0.25) is 0 Å². The third kappa shape index (κ3) is 2.97. The lowest BCUT2D eigenvalue weighted by molar-refractivity contribution is 0.0569. The lowest BCUT2D eigenvalue weighted by Crippen LogP contribution is -2.03. The van der Waals surface area contributed by atoms with E-state index in [1.54, 1.807) is 7.11 Å². The topological polar surface area (TPSA) is 39.1 Å². The molecule has 2 rings (SSSR count). The van der Waals surface area contributed by atoms with Crippen LogP contribution in [0.3, 0.4) is 0 Å². The number of anilines is 1. The maximum atomic E-state index is 12.3. The molecule has 18 heavy (non-hydrogen) atoms. The van der Waals surface area contributed by atoms with Crippen molar-refractivity contribution in [3.05, 3.63) is 42.1 Å². The molecule has 0 saturated heterocycles. The molecule has 6 heteroatoms. The SMILES string of the molecule is COc1cccc(CNc2ccn(C(F)F)n2)c1. The molecule has 96 valence electrons. The van der Waals surface area contributed by atoms with Crippen LogP contribution in [0.15, 0.2) is 36.5 Å². The first-order chi connectivity index (χ1) is 8.69. The predicted molar refractivity (Wildman–Crippen MR) is 63.8 cm³/mol. The molecule has 1 aromatic heterocycles. The van der Waals surface area contributed by atoms with Gasteiger partial charge in [-0.05, 0) is 17.7 Å². The van der Waals surface area contributed by atoms with Crippen molar-refractivity contribution in [3.63, 3.8) is 0 Å². The van der Waals surface area contributed by atoms with Crippen molar-refractivity contribution >= 4 is 5.82 Å². The highest BCUT2D eigenvalue weighted by Crippen LogP contribution is 2.15. The lowest BCUT2D eigenvalue weighted by atomic mass is 10.2. The molecule has 1 aromatic carbocycles. The van der Waals surface area contributed by atoms with Crippen LogP contribution in [-0.2, 0) is 6.54 Å². The number of nitrogens with one attached hydrogen (secondary N) is 1. The first kappa shape index (κ1) is 12.3. The molecule has 0 aliphatic heterocycles. The summed E-state index contributed by atoms with van der Waals surface area (Å²) >= 11 is 0. The lowest BCUT2D eigenvalue weighted by Gasteiger charge is -2.05. The molecule has 0 spiro atoms. The van der Waals surface area contributed by atoms with Crippen molar-refractivity contribution in [1.82, 2.24) is 9.78 Å². The maximum Gasteiger partial charge on any atom is 0.333 e. The Morgan fingerprint density at radius 3 is 2.89 bits per heavy atom. The highest BCUT2D eigenvalue weighted by molar-refractivity contribution is 5.36. The number of aromatic nitrogens is 2. The highest BCUT2D eigenvalue weighted by atomic mass is 19.3. The Labute approximate surface area is 103 Å². The van der Waals surface area contributed by atoms with E-state index in [-0.39, 0.29) is 0 Å². The average Bonchev–Trinajstić information content (AvgIpc) is 2.85. The van der Waals surface area contributed by atoms with Gasteiger partial charge in [0.15, 0.2) is 0 Å². The van der Waals surface area contributed by atoms with E-state index in [0.717, 1.165) is 11.3 Å². The number of hydrogen-bond donors (Lipinski definition) is 1. The van der Waals surface area contributed by atoms with Gasteiger partial charge in [-0.1, -0.05) is 12.1 Å². The fraction of sp³-hybridized carbons (Fsp3) is 0.250. The Bertz CT molecular complexity index is 514. The molecule has 0 bridgehead atoms. The molecule has 0 atom stereocenters. The van der Waals surface area contributed by atoms with Crippen LogP contribution in [0.5, 0.6) is 5.75 Å². The zero-order valence-corrected chi connectivity index (χ0v) is 9.81. The van der Waals surface area contributed by atoms with Crippen LogP contribution in [0.2, 0.25) is 0 Å². The van der Waals surface area contributed by atoms with Gasteiger partial charge in [0, 0.05) is 18.8 Å². The summed E-state index contributed by atoms with van der Waals surface area (Å²) in [7, 11) is 1.59. The van der Waals surface area contributed by atoms with Gasteiger partial charge in [-0.3, -0.25) is 0 Å². The summed E-state index contributed by atoms with van der Waals surface area (Å²) in [5, 5.41) is 6.66. The fourth-order valence-corrected chi connectivity index (χ4v) is 1.52. The zero-order valence-electron chi connectivity index (χ0n) is 9.81. The largest absolute Gasteiger partial charge is 0.497 e. The smallest absolute Gasteiger partial charge is 0.333 e. The molecule has 0 fully saturated rings. The fourth-order valence-electron chi connectivity index (χ4n) is 1.52. The van der Waals surface area contributed by atoms with Gasteiger partial charge in [-0.25, -0.2) is 4.68 Å². The van der Waals surface area contributed by atoms with Gasteiger partial charge >= 0.3 is 6.55 Å². The molecule has 4 nitrogen and oxygen atoms in total. The number of methoxy groups -OCH3 is 1. The van der Waals surface area contributed by atoms with E-state index in [2.05, 4.69) is 10.4 Å². The predicted octanol–water partition coefficient (Wildman–Crippen LogP) is 2.90. The van der Waals surface area contributed by atoms with Crippen molar-refractivity contribution in [2.75, 3.05) is 12.4 Å². The summed E-state index contributed by atoms with van der Waals surface area (Å²) in [6.07, 6.45) is 1.23. The van der Waals surface area contributed by atoms with Crippen LogP contribution >= 0.6 is 0 Å². The first-order valence-electron chi connectivity index (χ1n) is 5.39. The van der Waals surface area contributed by atoms with Gasteiger partial charge in [-0.2, -0.15) is 13.9 Å². The van der Waals surface area contributed by atoms with E-state index in [0.29, 0.717) is 17.0 Å². The molecule has 0 aliphatic carbocycles. The van der Waals surface area contributed by atoms with Crippen molar-refractivity contribution in [2.45, 2.75) is 13.1 Å². The van der Waals surface area contributed by atoms with Gasteiger partial charge < -0.3 is 10.1 Å². The van der Waals surface area contributed by atoms with Crippen LogP contribution in [-0.4, -0.2) is 16.9 Å². The van der Waals surface area contributed by atoms with Crippen LogP contribution in [0.25, 0.3) is 0 Å². The standard InChI is InChI=1S/C12H13F2N3O/c1-18-10-4-2-3-9(7-10)8-15-11-5-6-17(16-11)12(13)14/h2-7,12H,8H2,1H3,(H,15,16). The summed E-state index contributed by atoms with van der Waals surface area (Å²) in [4.78, 5) is 0. The Balaban J connectivity index is 1.97. The number of nitrogens with zero attached hydrogens (tertiary/aromatic N) is 2. The summed E-state index contributed by atoms with van der Waals surface area (Å²) in [6.45, 7) is -2.12. The van der Waals surface area contributed by atoms with Gasteiger partial charge in [0.05, 0.1) is 7.11 Å². The van der Waals surface area contributed by atoms with Gasteiger partial charge in [0.1, 0.15) is 11.6 Å². The first-order valence-corrected chi connectivity index (χ1v) is 5.39. The number of benzene rings is 1. The normalized spacial score (nSPS) is 10.7. The molecule has 0 amide bonds. The van der Waals surface area contributed by atoms with Gasteiger partial charge in [-0.15, -0.1) is 0 Å². The van der Waals surface area contributed by atoms with Crippen LogP contribution in [0.4, 0.5) is 14.6 Å². The summed E-state index contributed by atoms with van der Waals surface area (Å²) in [5.74, 6) is 1.17. The Hall–Kier alpha value is -2.11. The summed E-state index contributed by atoms with van der Waals surface area (Å²) in [6, 6.07) is 9.01. The molecule has 0 aliphatic rings. The minimum Gasteiger partial charge on any atom is -0.497 e. The van der Waals surface area contributed by atoms with Gasteiger partial charge in [0.25, 0.3) is 0 Å². The Morgan fingerprint density at radius 1 is 1.39 bits per heavy atom. The highest BCUT2D eigenvalue weighted by Gasteiger charge is 2.06. The third-order valence-electron chi connectivity index (χ3n) is 2.42. The third-order valence-corrected chi connectivity index (χ3v) is 2.42. The second-order valence-electron chi connectivity index (χ2n) is 3.66. The Morgan fingerprint density at radius 2 is 2.22 bits per heavy atom. The monoisotopic (exact) mass is 253 g/mol.